The molecule has 132 valence electrons. The minimum absolute atomic E-state index is 0. The molecule has 23 heavy (non-hydrogen) atoms. The van der Waals surface area contributed by atoms with Crippen molar-refractivity contribution in [3.63, 3.8) is 0 Å². The van der Waals surface area contributed by atoms with Gasteiger partial charge in [0, 0.05) is 25.2 Å². The van der Waals surface area contributed by atoms with E-state index in [9.17, 15) is 4.79 Å². The van der Waals surface area contributed by atoms with E-state index in [0.29, 0.717) is 25.3 Å². The Hall–Kier alpha value is -1.30. The third kappa shape index (κ3) is 8.79. The Morgan fingerprint density at radius 3 is 2.48 bits per heavy atom. The van der Waals surface area contributed by atoms with E-state index in [2.05, 4.69) is 17.1 Å². The number of amides is 1. The lowest BCUT2D eigenvalue weighted by Crippen LogP contribution is -2.36. The van der Waals surface area contributed by atoms with Crippen LogP contribution in [0.4, 0.5) is 0 Å². The van der Waals surface area contributed by atoms with Crippen molar-refractivity contribution in [3.05, 3.63) is 29.8 Å². The highest BCUT2D eigenvalue weighted by atomic mass is 35.5. The van der Waals surface area contributed by atoms with Crippen LogP contribution < -0.4 is 10.1 Å². The maximum Gasteiger partial charge on any atom is 0.251 e. The molecule has 0 spiro atoms. The lowest BCUT2D eigenvalue weighted by atomic mass is 10.2. The molecule has 0 bridgehead atoms. The molecule has 0 saturated heterocycles. The van der Waals surface area contributed by atoms with E-state index in [0.717, 1.165) is 31.7 Å². The highest BCUT2D eigenvalue weighted by Crippen LogP contribution is 2.12. The van der Waals surface area contributed by atoms with Crippen LogP contribution in [0.5, 0.6) is 5.75 Å². The number of nitrogens with one attached hydrogen (secondary N) is 1. The number of hydrogen-bond donors (Lipinski definition) is 2. The van der Waals surface area contributed by atoms with Gasteiger partial charge in [0.15, 0.2) is 0 Å². The minimum atomic E-state index is -0.0832. The van der Waals surface area contributed by atoms with E-state index in [1.807, 2.05) is 19.1 Å². The van der Waals surface area contributed by atoms with Crippen LogP contribution in [-0.4, -0.2) is 55.3 Å². The van der Waals surface area contributed by atoms with Crippen molar-refractivity contribution in [1.82, 2.24) is 10.2 Å². The van der Waals surface area contributed by atoms with Crippen LogP contribution in [0.1, 0.15) is 37.0 Å². The molecule has 0 atom stereocenters. The summed E-state index contributed by atoms with van der Waals surface area (Å²) < 4.78 is 5.57. The van der Waals surface area contributed by atoms with Crippen LogP contribution in [0.25, 0.3) is 0 Å². The molecule has 1 amide bonds. The molecule has 0 heterocycles. The number of nitrogens with zero attached hydrogens (tertiary/aromatic N) is 1. The second-order valence-electron chi connectivity index (χ2n) is 5.14. The molecule has 0 aliphatic rings. The van der Waals surface area contributed by atoms with Crippen molar-refractivity contribution in [1.29, 1.82) is 0 Å². The number of unbranched alkanes of at least 4 members (excludes halogenated alkanes) is 1. The third-order valence-corrected chi connectivity index (χ3v) is 3.46. The monoisotopic (exact) mass is 344 g/mol. The van der Waals surface area contributed by atoms with Crippen molar-refractivity contribution in [2.75, 3.05) is 39.4 Å². The van der Waals surface area contributed by atoms with Crippen LogP contribution in [0.15, 0.2) is 24.3 Å². The molecule has 0 aliphatic heterocycles. The number of halogens is 1. The minimum Gasteiger partial charge on any atom is -0.494 e. The lowest BCUT2D eigenvalue weighted by Gasteiger charge is -2.19. The molecular formula is C17H29ClN2O3. The lowest BCUT2D eigenvalue weighted by molar-refractivity contribution is 0.0947. The molecule has 2 N–H and O–H groups in total. The normalized spacial score (nSPS) is 10.3. The molecule has 0 fully saturated rings. The van der Waals surface area contributed by atoms with E-state index < -0.39 is 0 Å². The van der Waals surface area contributed by atoms with Crippen LogP contribution in [0, 0.1) is 0 Å². The van der Waals surface area contributed by atoms with Gasteiger partial charge < -0.3 is 15.2 Å². The first-order valence-corrected chi connectivity index (χ1v) is 8.05. The highest BCUT2D eigenvalue weighted by Gasteiger charge is 2.06. The number of aliphatic hydroxyl groups excluding tert-OH is 1. The van der Waals surface area contributed by atoms with Gasteiger partial charge in [-0.15, -0.1) is 12.4 Å². The quantitative estimate of drug-likeness (QED) is 0.605. The van der Waals surface area contributed by atoms with E-state index >= 15 is 0 Å². The number of benzene rings is 1. The number of hydrogen-bond acceptors (Lipinski definition) is 4. The zero-order chi connectivity index (χ0) is 16.2. The average Bonchev–Trinajstić information content (AvgIpc) is 2.54. The summed E-state index contributed by atoms with van der Waals surface area (Å²) in [7, 11) is 0. The van der Waals surface area contributed by atoms with Crippen molar-refractivity contribution in [2.45, 2.75) is 26.7 Å². The van der Waals surface area contributed by atoms with Crippen molar-refractivity contribution in [3.8, 4) is 5.75 Å². The summed E-state index contributed by atoms with van der Waals surface area (Å²) in [5.74, 6) is 0.713. The van der Waals surface area contributed by atoms with Crippen molar-refractivity contribution < 1.29 is 14.6 Å². The summed E-state index contributed by atoms with van der Waals surface area (Å²) in [4.78, 5) is 14.1. The van der Waals surface area contributed by atoms with Crippen LogP contribution in [0.2, 0.25) is 0 Å². The van der Waals surface area contributed by atoms with Gasteiger partial charge in [-0.25, -0.2) is 0 Å². The number of ether oxygens (including phenoxy) is 1. The summed E-state index contributed by atoms with van der Waals surface area (Å²) in [5.41, 5.74) is 0.632. The van der Waals surface area contributed by atoms with E-state index in [1.54, 1.807) is 12.1 Å². The Morgan fingerprint density at radius 2 is 1.91 bits per heavy atom. The maximum atomic E-state index is 12.0. The molecule has 0 radical (unpaired) electrons. The van der Waals surface area contributed by atoms with Crippen LogP contribution >= 0.6 is 12.4 Å². The van der Waals surface area contributed by atoms with Gasteiger partial charge in [0.05, 0.1) is 13.2 Å². The van der Waals surface area contributed by atoms with Gasteiger partial charge in [0.2, 0.25) is 0 Å². The largest absolute Gasteiger partial charge is 0.494 e. The Bertz CT molecular complexity index is 426. The highest BCUT2D eigenvalue weighted by molar-refractivity contribution is 5.94. The fourth-order valence-corrected chi connectivity index (χ4v) is 2.04. The van der Waals surface area contributed by atoms with Crippen LogP contribution in [0.3, 0.4) is 0 Å². The van der Waals surface area contributed by atoms with E-state index in [4.69, 9.17) is 9.84 Å². The van der Waals surface area contributed by atoms with Gasteiger partial charge in [0.1, 0.15) is 5.75 Å². The molecule has 1 aromatic rings. The second-order valence-corrected chi connectivity index (χ2v) is 5.14. The van der Waals surface area contributed by atoms with Crippen molar-refractivity contribution >= 4 is 18.3 Å². The molecule has 1 rings (SSSR count). The summed E-state index contributed by atoms with van der Waals surface area (Å²) in [5, 5.41) is 11.8. The first kappa shape index (κ1) is 21.7. The van der Waals surface area contributed by atoms with Gasteiger partial charge in [-0.05, 0) is 37.2 Å². The smallest absolute Gasteiger partial charge is 0.251 e. The maximum absolute atomic E-state index is 12.0. The van der Waals surface area contributed by atoms with Crippen LogP contribution in [-0.2, 0) is 0 Å². The van der Waals surface area contributed by atoms with Gasteiger partial charge in [-0.1, -0.05) is 20.3 Å². The zero-order valence-corrected chi connectivity index (χ0v) is 14.9. The van der Waals surface area contributed by atoms with Crippen molar-refractivity contribution in [2.24, 2.45) is 0 Å². The SMILES string of the molecule is CCCCOc1ccc(C(=O)NCCN(CC)CCO)cc1.Cl. The second kappa shape index (κ2) is 13.2. The predicted molar refractivity (Wildman–Crippen MR) is 95.6 cm³/mol. The first-order valence-electron chi connectivity index (χ1n) is 8.05. The number of rotatable bonds is 11. The Balaban J connectivity index is 0.00000484. The Labute approximate surface area is 145 Å². The molecular weight excluding hydrogens is 316 g/mol. The molecule has 0 aliphatic carbocycles. The van der Waals surface area contributed by atoms with Gasteiger partial charge in [-0.3, -0.25) is 9.69 Å². The number of aliphatic hydroxyl groups is 1. The summed E-state index contributed by atoms with van der Waals surface area (Å²) in [6.45, 7) is 7.81. The average molecular weight is 345 g/mol. The summed E-state index contributed by atoms with van der Waals surface area (Å²) in [6, 6.07) is 7.22. The summed E-state index contributed by atoms with van der Waals surface area (Å²) in [6.07, 6.45) is 2.13. The van der Waals surface area contributed by atoms with E-state index in [1.165, 1.54) is 0 Å². The number of likely N-dealkylation sites (N-methyl/N-ethyl adjacent to an activating group) is 1. The topological polar surface area (TPSA) is 61.8 Å². The third-order valence-electron chi connectivity index (χ3n) is 3.46. The molecule has 1 aromatic carbocycles. The number of carbonyl (C=O) groups is 1. The Kier molecular flexibility index (Phi) is 12.4. The van der Waals surface area contributed by atoms with Gasteiger partial charge in [-0.2, -0.15) is 0 Å². The fraction of sp³-hybridized carbons (Fsp3) is 0.588. The van der Waals surface area contributed by atoms with E-state index in [-0.39, 0.29) is 24.9 Å². The van der Waals surface area contributed by atoms with Gasteiger partial charge >= 0.3 is 0 Å². The Morgan fingerprint density at radius 1 is 1.22 bits per heavy atom. The molecule has 0 saturated carbocycles. The molecule has 0 aromatic heterocycles. The molecule has 0 unspecified atom stereocenters. The standard InChI is InChI=1S/C17H28N2O3.ClH/c1-3-5-14-22-16-8-6-15(7-9-16)17(21)18-10-11-19(4-2)12-13-20;/h6-9,20H,3-5,10-14H2,1-2H3,(H,18,21);1H. The number of carbonyl (C=O) groups excluding carboxylic acids is 1. The molecule has 5 nitrogen and oxygen atoms in total. The molecule has 6 heteroatoms. The van der Waals surface area contributed by atoms with Gasteiger partial charge in [0.25, 0.3) is 5.91 Å². The first-order chi connectivity index (χ1) is 10.7. The predicted octanol–water partition coefficient (Wildman–Crippen LogP) is 2.33. The summed E-state index contributed by atoms with van der Waals surface area (Å²) >= 11 is 0. The fourth-order valence-electron chi connectivity index (χ4n) is 2.04. The zero-order valence-electron chi connectivity index (χ0n) is 14.1.